The summed E-state index contributed by atoms with van der Waals surface area (Å²) in [4.78, 5) is 17.6. The minimum absolute atomic E-state index is 0.0508. The Labute approximate surface area is 209 Å². The highest BCUT2D eigenvalue weighted by Gasteiger charge is 2.19. The van der Waals surface area contributed by atoms with E-state index in [1.54, 1.807) is 44.2 Å². The summed E-state index contributed by atoms with van der Waals surface area (Å²) in [6.07, 6.45) is 0. The number of fused-ring (bicyclic) bond motifs is 1. The Hall–Kier alpha value is -3.32. The molecule has 1 aromatic heterocycles. The predicted molar refractivity (Wildman–Crippen MR) is 136 cm³/mol. The quantitative estimate of drug-likeness (QED) is 0.323. The minimum Gasteiger partial charge on any atom is -0.493 e. The summed E-state index contributed by atoms with van der Waals surface area (Å²) in [5.41, 5.74) is 1.46. The lowest BCUT2D eigenvalue weighted by atomic mass is 10.2. The molecule has 0 unspecified atom stereocenters. The van der Waals surface area contributed by atoms with E-state index in [0.717, 1.165) is 19.6 Å². The molecule has 1 amide bonds. The molecule has 36 heavy (non-hydrogen) atoms. The zero-order valence-corrected chi connectivity index (χ0v) is 21.0. The maximum Gasteiger partial charge on any atom is 0.251 e. The molecule has 4 rings (SSSR count). The van der Waals surface area contributed by atoms with Crippen molar-refractivity contribution in [2.75, 3.05) is 39.4 Å². The normalized spacial score (nSPS) is 15.2. The Morgan fingerprint density at radius 2 is 1.94 bits per heavy atom. The van der Waals surface area contributed by atoms with Gasteiger partial charge in [0.05, 0.1) is 29.3 Å². The van der Waals surface area contributed by atoms with Gasteiger partial charge >= 0.3 is 0 Å². The number of H-pyrrole nitrogens is 1. The molecule has 192 valence electrons. The van der Waals surface area contributed by atoms with Crippen molar-refractivity contribution in [3.8, 4) is 5.88 Å². The number of morpholine rings is 1. The first-order chi connectivity index (χ1) is 17.2. The fraction of sp³-hybridized carbons (Fsp3) is 0.375. The number of nitrogens with zero attached hydrogens (tertiary/aromatic N) is 3. The summed E-state index contributed by atoms with van der Waals surface area (Å²) in [5, 5.41) is 22.0. The summed E-state index contributed by atoms with van der Waals surface area (Å²) in [7, 11) is -3.73. The molecule has 0 aliphatic carbocycles. The molecule has 4 N–H and O–H groups in total. The third-order valence-electron chi connectivity index (χ3n) is 5.62. The number of sulfonamides is 1. The number of nitrogens with one attached hydrogen (secondary N) is 3. The molecule has 2 aromatic carbocycles. The topological polar surface area (TPSA) is 148 Å². The largest absolute Gasteiger partial charge is 0.493 e. The molecule has 0 atom stereocenters. The van der Waals surface area contributed by atoms with E-state index in [1.165, 1.54) is 12.1 Å². The standard InChI is InChI=1S/C24H30N6O5S/c1-16(2)29-36(33,34)19-6-7-21-20(15-19)22(24(32)26-21)28-27-18-5-3-4-17(14-18)23(31)25-8-9-30-10-12-35-13-11-30/h3-7,14-16,26,29,32H,8-13H2,1-2H3,(H,25,31). The van der Waals surface area contributed by atoms with Crippen LogP contribution in [0.5, 0.6) is 5.88 Å². The van der Waals surface area contributed by atoms with Crippen LogP contribution >= 0.6 is 0 Å². The van der Waals surface area contributed by atoms with Gasteiger partial charge in [0, 0.05) is 43.2 Å². The van der Waals surface area contributed by atoms with Gasteiger partial charge in [-0.15, -0.1) is 5.11 Å². The molecule has 0 bridgehead atoms. The Balaban J connectivity index is 1.49. The van der Waals surface area contributed by atoms with Crippen LogP contribution in [0.4, 0.5) is 11.4 Å². The molecule has 2 heterocycles. The zero-order valence-electron chi connectivity index (χ0n) is 20.2. The highest BCUT2D eigenvalue weighted by molar-refractivity contribution is 7.89. The molecule has 3 aromatic rings. The van der Waals surface area contributed by atoms with Gasteiger partial charge in [0.1, 0.15) is 0 Å². The number of benzene rings is 2. The SMILES string of the molecule is CC(C)NS(=O)(=O)c1ccc2[nH]c(O)c(N=Nc3cccc(C(=O)NCCN4CCOCC4)c3)c2c1. The molecule has 1 aliphatic heterocycles. The molecule has 1 aliphatic rings. The van der Waals surface area contributed by atoms with Gasteiger partial charge in [0.2, 0.25) is 15.9 Å². The van der Waals surface area contributed by atoms with Crippen molar-refractivity contribution in [2.24, 2.45) is 10.2 Å². The lowest BCUT2D eigenvalue weighted by molar-refractivity contribution is 0.0383. The van der Waals surface area contributed by atoms with Crippen molar-refractivity contribution < 1.29 is 23.1 Å². The number of aromatic amines is 1. The van der Waals surface area contributed by atoms with E-state index in [0.29, 0.717) is 41.9 Å². The molecule has 0 spiro atoms. The first-order valence-electron chi connectivity index (χ1n) is 11.7. The lowest BCUT2D eigenvalue weighted by Crippen LogP contribution is -2.41. The lowest BCUT2D eigenvalue weighted by Gasteiger charge is -2.26. The van der Waals surface area contributed by atoms with Crippen molar-refractivity contribution in [3.05, 3.63) is 48.0 Å². The third-order valence-corrected chi connectivity index (χ3v) is 7.27. The second kappa shape index (κ2) is 11.2. The molecule has 11 nitrogen and oxygen atoms in total. The van der Waals surface area contributed by atoms with Crippen molar-refractivity contribution in [3.63, 3.8) is 0 Å². The van der Waals surface area contributed by atoms with E-state index >= 15 is 0 Å². The Kier molecular flexibility index (Phi) is 7.99. The maximum absolute atomic E-state index is 12.6. The number of hydrogen-bond acceptors (Lipinski definition) is 8. The van der Waals surface area contributed by atoms with Gasteiger partial charge in [-0.25, -0.2) is 13.1 Å². The highest BCUT2D eigenvalue weighted by atomic mass is 32.2. The number of hydrogen-bond donors (Lipinski definition) is 4. The van der Waals surface area contributed by atoms with Crippen molar-refractivity contribution in [2.45, 2.75) is 24.8 Å². The van der Waals surface area contributed by atoms with Gasteiger partial charge in [-0.1, -0.05) is 6.07 Å². The monoisotopic (exact) mass is 514 g/mol. The number of rotatable bonds is 9. The van der Waals surface area contributed by atoms with E-state index in [9.17, 15) is 18.3 Å². The van der Waals surface area contributed by atoms with Crippen molar-refractivity contribution in [1.82, 2.24) is 19.9 Å². The highest BCUT2D eigenvalue weighted by Crippen LogP contribution is 2.37. The van der Waals surface area contributed by atoms with Gasteiger partial charge < -0.3 is 20.1 Å². The van der Waals surface area contributed by atoms with Crippen molar-refractivity contribution in [1.29, 1.82) is 0 Å². The van der Waals surface area contributed by atoms with Gasteiger partial charge in [0.25, 0.3) is 5.91 Å². The van der Waals surface area contributed by atoms with Gasteiger partial charge in [-0.2, -0.15) is 5.11 Å². The fourth-order valence-electron chi connectivity index (χ4n) is 3.86. The first-order valence-corrected chi connectivity index (χ1v) is 13.2. The minimum atomic E-state index is -3.73. The number of amides is 1. The molecule has 1 saturated heterocycles. The van der Waals surface area contributed by atoms with Crippen LogP contribution in [0.3, 0.4) is 0 Å². The van der Waals surface area contributed by atoms with E-state index in [2.05, 4.69) is 30.2 Å². The molecule has 0 radical (unpaired) electrons. The van der Waals surface area contributed by atoms with Crippen molar-refractivity contribution >= 4 is 38.2 Å². The average molecular weight is 515 g/mol. The first kappa shape index (κ1) is 25.8. The Morgan fingerprint density at radius 1 is 1.17 bits per heavy atom. The number of ether oxygens (including phenoxy) is 1. The van der Waals surface area contributed by atoms with Crippen LogP contribution in [0.2, 0.25) is 0 Å². The zero-order chi connectivity index (χ0) is 25.7. The molecular weight excluding hydrogens is 484 g/mol. The second-order valence-corrected chi connectivity index (χ2v) is 10.5. The van der Waals surface area contributed by atoms with Crippen LogP contribution in [0, 0.1) is 0 Å². The van der Waals surface area contributed by atoms with E-state index in [-0.39, 0.29) is 28.4 Å². The van der Waals surface area contributed by atoms with Gasteiger partial charge in [0.15, 0.2) is 5.69 Å². The fourth-order valence-corrected chi connectivity index (χ4v) is 5.14. The third kappa shape index (κ3) is 6.26. The number of azo groups is 1. The average Bonchev–Trinajstić information content (AvgIpc) is 3.17. The maximum atomic E-state index is 12.6. The molecule has 0 saturated carbocycles. The van der Waals surface area contributed by atoms with Crippen LogP contribution < -0.4 is 10.0 Å². The van der Waals surface area contributed by atoms with Crippen LogP contribution in [0.15, 0.2) is 57.6 Å². The predicted octanol–water partition coefficient (Wildman–Crippen LogP) is 3.04. The van der Waals surface area contributed by atoms with E-state index in [1.807, 2.05) is 0 Å². The van der Waals surface area contributed by atoms with Crippen LogP contribution in [0.25, 0.3) is 10.9 Å². The van der Waals surface area contributed by atoms with Gasteiger partial charge in [-0.3, -0.25) is 9.69 Å². The number of aromatic nitrogens is 1. The Morgan fingerprint density at radius 3 is 2.69 bits per heavy atom. The van der Waals surface area contributed by atoms with Gasteiger partial charge in [-0.05, 0) is 50.2 Å². The molecule has 1 fully saturated rings. The number of carbonyl (C=O) groups excluding carboxylic acids is 1. The summed E-state index contributed by atoms with van der Waals surface area (Å²) >= 11 is 0. The molecule has 12 heteroatoms. The van der Waals surface area contributed by atoms with E-state index < -0.39 is 10.0 Å². The van der Waals surface area contributed by atoms with E-state index in [4.69, 9.17) is 4.74 Å². The summed E-state index contributed by atoms with van der Waals surface area (Å²) in [6, 6.07) is 10.8. The van der Waals surface area contributed by atoms with Crippen LogP contribution in [-0.4, -0.2) is 74.8 Å². The van der Waals surface area contributed by atoms with Crippen LogP contribution in [-0.2, 0) is 14.8 Å². The van der Waals surface area contributed by atoms with Crippen LogP contribution in [0.1, 0.15) is 24.2 Å². The second-order valence-electron chi connectivity index (χ2n) is 8.77. The smallest absolute Gasteiger partial charge is 0.251 e. The summed E-state index contributed by atoms with van der Waals surface area (Å²) in [6.45, 7) is 7.86. The molecular formula is C24H30N6O5S. The summed E-state index contributed by atoms with van der Waals surface area (Å²) < 4.78 is 33.0. The summed E-state index contributed by atoms with van der Waals surface area (Å²) in [5.74, 6) is -0.458. The number of carbonyl (C=O) groups is 1. The Bertz CT molecular complexity index is 1360. The number of aromatic hydroxyl groups is 1.